The smallest absolute Gasteiger partial charge is 0.414 e. The zero-order valence-corrected chi connectivity index (χ0v) is 10.3. The minimum atomic E-state index is -0.341. The van der Waals surface area contributed by atoms with Gasteiger partial charge in [0.15, 0.2) is 0 Å². The van der Waals surface area contributed by atoms with E-state index in [0.717, 1.165) is 11.3 Å². The molecule has 1 heterocycles. The van der Waals surface area contributed by atoms with Crippen LogP contribution in [0, 0.1) is 0 Å². The van der Waals surface area contributed by atoms with Crippen LogP contribution in [0.25, 0.3) is 0 Å². The number of anilines is 1. The highest BCUT2D eigenvalue weighted by atomic mass is 16.6. The minimum absolute atomic E-state index is 0.126. The third kappa shape index (κ3) is 2.80. The molecule has 0 bridgehead atoms. The molecule has 1 aliphatic rings. The van der Waals surface area contributed by atoms with Crippen molar-refractivity contribution in [1.82, 2.24) is 0 Å². The first kappa shape index (κ1) is 12.9. The largest absolute Gasteiger partial charge is 0.441 e. The van der Waals surface area contributed by atoms with Crippen molar-refractivity contribution < 1.29 is 19.4 Å². The molecule has 0 spiro atoms. The molecule has 0 unspecified atom stereocenters. The van der Waals surface area contributed by atoms with Gasteiger partial charge in [0.25, 0.3) is 0 Å². The summed E-state index contributed by atoms with van der Waals surface area (Å²) in [6.07, 6.45) is 0.0726. The number of cyclic esters (lactones) is 1. The molecule has 5 heteroatoms. The van der Waals surface area contributed by atoms with Crippen LogP contribution in [-0.2, 0) is 15.9 Å². The molecule has 0 aromatic heterocycles. The fourth-order valence-electron chi connectivity index (χ4n) is 1.98. The van der Waals surface area contributed by atoms with Crippen molar-refractivity contribution in [2.75, 3.05) is 31.8 Å². The highest BCUT2D eigenvalue weighted by Crippen LogP contribution is 2.22. The number of methoxy groups -OCH3 is 1. The molecule has 0 aliphatic carbocycles. The molecular weight excluding hydrogens is 234 g/mol. The van der Waals surface area contributed by atoms with Crippen LogP contribution < -0.4 is 4.90 Å². The highest BCUT2D eigenvalue weighted by Gasteiger charge is 2.32. The van der Waals surface area contributed by atoms with Crippen LogP contribution in [0.15, 0.2) is 24.3 Å². The van der Waals surface area contributed by atoms with Gasteiger partial charge in [0.05, 0.1) is 13.2 Å². The first-order valence-electron chi connectivity index (χ1n) is 5.91. The third-order valence-electron chi connectivity index (χ3n) is 2.88. The second-order valence-electron chi connectivity index (χ2n) is 4.21. The number of benzene rings is 1. The number of carbonyl (C=O) groups is 1. The molecule has 2 rings (SSSR count). The summed E-state index contributed by atoms with van der Waals surface area (Å²) in [5.41, 5.74) is 1.85. The van der Waals surface area contributed by atoms with Gasteiger partial charge < -0.3 is 14.6 Å². The van der Waals surface area contributed by atoms with Gasteiger partial charge in [-0.2, -0.15) is 0 Å². The van der Waals surface area contributed by atoms with Crippen molar-refractivity contribution in [3.63, 3.8) is 0 Å². The molecule has 1 fully saturated rings. The first-order chi connectivity index (χ1) is 8.74. The number of aliphatic hydroxyl groups is 1. The fraction of sp³-hybridized carbons (Fsp3) is 0.462. The lowest BCUT2D eigenvalue weighted by Gasteiger charge is -2.13. The van der Waals surface area contributed by atoms with Gasteiger partial charge in [-0.3, -0.25) is 4.90 Å². The van der Waals surface area contributed by atoms with E-state index in [1.165, 1.54) is 0 Å². The Hall–Kier alpha value is -1.59. The lowest BCUT2D eigenvalue weighted by molar-refractivity contribution is 0.0718. The van der Waals surface area contributed by atoms with Crippen LogP contribution in [0.2, 0.25) is 0 Å². The summed E-state index contributed by atoms with van der Waals surface area (Å²) < 4.78 is 10.1. The molecule has 1 aromatic rings. The predicted octanol–water partition coefficient (Wildman–Crippen LogP) is 1.19. The van der Waals surface area contributed by atoms with E-state index < -0.39 is 0 Å². The summed E-state index contributed by atoms with van der Waals surface area (Å²) >= 11 is 0. The Morgan fingerprint density at radius 1 is 1.44 bits per heavy atom. The zero-order chi connectivity index (χ0) is 13.0. The molecule has 1 N–H and O–H groups in total. The molecule has 1 amide bonds. The summed E-state index contributed by atoms with van der Waals surface area (Å²) in [7, 11) is 1.58. The number of rotatable bonds is 5. The number of amides is 1. The fourth-order valence-corrected chi connectivity index (χ4v) is 1.98. The van der Waals surface area contributed by atoms with Crippen LogP contribution in [0.3, 0.4) is 0 Å². The van der Waals surface area contributed by atoms with Crippen LogP contribution in [0.4, 0.5) is 10.5 Å². The Balaban J connectivity index is 2.05. The molecule has 1 aromatic carbocycles. The van der Waals surface area contributed by atoms with Gasteiger partial charge >= 0.3 is 6.09 Å². The Morgan fingerprint density at radius 3 is 2.78 bits per heavy atom. The third-order valence-corrected chi connectivity index (χ3v) is 2.88. The lowest BCUT2D eigenvalue weighted by atomic mass is 10.1. The van der Waals surface area contributed by atoms with Crippen molar-refractivity contribution in [3.8, 4) is 0 Å². The van der Waals surface area contributed by atoms with Gasteiger partial charge in [0.1, 0.15) is 6.10 Å². The Labute approximate surface area is 106 Å². The number of hydrogen-bond acceptors (Lipinski definition) is 4. The average molecular weight is 251 g/mol. The first-order valence-corrected chi connectivity index (χ1v) is 5.91. The maximum atomic E-state index is 11.7. The maximum Gasteiger partial charge on any atom is 0.414 e. The second kappa shape index (κ2) is 5.84. The topological polar surface area (TPSA) is 59.0 Å². The molecule has 1 atom stereocenters. The molecular formula is C13H17NO4. The van der Waals surface area contributed by atoms with Crippen LogP contribution in [0.5, 0.6) is 0 Å². The van der Waals surface area contributed by atoms with Crippen LogP contribution >= 0.6 is 0 Å². The number of ether oxygens (including phenoxy) is 2. The number of aliphatic hydroxyl groups excluding tert-OH is 1. The predicted molar refractivity (Wildman–Crippen MR) is 66.7 cm³/mol. The quantitative estimate of drug-likeness (QED) is 0.854. The van der Waals surface area contributed by atoms with E-state index in [1.54, 1.807) is 12.0 Å². The van der Waals surface area contributed by atoms with Gasteiger partial charge in [-0.15, -0.1) is 0 Å². The maximum absolute atomic E-state index is 11.7. The van der Waals surface area contributed by atoms with Crippen molar-refractivity contribution in [1.29, 1.82) is 0 Å². The van der Waals surface area contributed by atoms with E-state index in [1.807, 2.05) is 24.3 Å². The lowest BCUT2D eigenvalue weighted by Crippen LogP contribution is -2.25. The molecule has 1 saturated heterocycles. The number of carbonyl (C=O) groups excluding carboxylic acids is 1. The summed E-state index contributed by atoms with van der Waals surface area (Å²) in [5, 5.41) is 8.84. The van der Waals surface area contributed by atoms with Crippen LogP contribution in [-0.4, -0.2) is 44.2 Å². The summed E-state index contributed by atoms with van der Waals surface area (Å²) in [5.74, 6) is 0. The molecule has 1 aliphatic heterocycles. The summed E-state index contributed by atoms with van der Waals surface area (Å²) in [6.45, 7) is 1.04. The number of nitrogens with zero attached hydrogens (tertiary/aromatic N) is 1. The summed E-state index contributed by atoms with van der Waals surface area (Å²) in [6, 6.07) is 7.54. The molecule has 0 saturated carbocycles. The van der Waals surface area contributed by atoms with E-state index >= 15 is 0 Å². The Morgan fingerprint density at radius 2 is 2.17 bits per heavy atom. The molecule has 5 nitrogen and oxygen atoms in total. The average Bonchev–Trinajstić information content (AvgIpc) is 2.72. The standard InChI is InChI=1S/C13H17NO4/c1-17-9-12-8-14(13(16)18-12)11-4-2-10(3-5-11)6-7-15/h2-5,12,15H,6-9H2,1H3/t12-/m1/s1. The Kier molecular flexibility index (Phi) is 4.17. The van der Waals surface area contributed by atoms with Crippen LogP contribution in [0.1, 0.15) is 5.56 Å². The van der Waals surface area contributed by atoms with E-state index in [-0.39, 0.29) is 18.8 Å². The Bertz CT molecular complexity index is 404. The van der Waals surface area contributed by atoms with E-state index in [4.69, 9.17) is 14.6 Å². The van der Waals surface area contributed by atoms with Gasteiger partial charge in [-0.1, -0.05) is 12.1 Å². The van der Waals surface area contributed by atoms with Gasteiger partial charge in [0.2, 0.25) is 0 Å². The van der Waals surface area contributed by atoms with E-state index in [9.17, 15) is 4.79 Å². The summed E-state index contributed by atoms with van der Waals surface area (Å²) in [4.78, 5) is 13.3. The molecule has 0 radical (unpaired) electrons. The monoisotopic (exact) mass is 251 g/mol. The zero-order valence-electron chi connectivity index (χ0n) is 10.3. The van der Waals surface area contributed by atoms with Gasteiger partial charge in [-0.25, -0.2) is 4.79 Å². The highest BCUT2D eigenvalue weighted by molar-refractivity contribution is 5.89. The van der Waals surface area contributed by atoms with Gasteiger partial charge in [0, 0.05) is 19.4 Å². The normalized spacial score (nSPS) is 19.1. The van der Waals surface area contributed by atoms with E-state index in [0.29, 0.717) is 19.6 Å². The molecule has 18 heavy (non-hydrogen) atoms. The number of hydrogen-bond donors (Lipinski definition) is 1. The van der Waals surface area contributed by atoms with Crippen molar-refractivity contribution in [2.45, 2.75) is 12.5 Å². The second-order valence-corrected chi connectivity index (χ2v) is 4.21. The SMILES string of the molecule is COC[C@H]1CN(c2ccc(CCO)cc2)C(=O)O1. The van der Waals surface area contributed by atoms with E-state index in [2.05, 4.69) is 0 Å². The van der Waals surface area contributed by atoms with Crippen molar-refractivity contribution >= 4 is 11.8 Å². The van der Waals surface area contributed by atoms with Crippen molar-refractivity contribution in [2.24, 2.45) is 0 Å². The molecule has 98 valence electrons. The van der Waals surface area contributed by atoms with Crippen molar-refractivity contribution in [3.05, 3.63) is 29.8 Å². The minimum Gasteiger partial charge on any atom is -0.441 e. The van der Waals surface area contributed by atoms with Gasteiger partial charge in [-0.05, 0) is 24.1 Å².